The smallest absolute Gasteiger partial charge is 0.379 e. The van der Waals surface area contributed by atoms with Crippen molar-refractivity contribution < 1.29 is 18.0 Å². The van der Waals surface area contributed by atoms with E-state index in [-0.39, 0.29) is 5.69 Å². The molecule has 1 aliphatic carbocycles. The lowest BCUT2D eigenvalue weighted by Crippen LogP contribution is -2.15. The van der Waals surface area contributed by atoms with Gasteiger partial charge >= 0.3 is 6.18 Å². The standard InChI is InChI=1S/C16H14ClF3N2OS/c1-21-15-13(9-3-2-4-12(9)24-15)14(23)22-8-5-6-11(17)10(7-8)16(18,19)20/h5-7,21H,2-4H2,1H3,(H,22,23). The first-order chi connectivity index (χ1) is 11.3. The van der Waals surface area contributed by atoms with Gasteiger partial charge < -0.3 is 10.6 Å². The first-order valence-corrected chi connectivity index (χ1v) is 8.51. The SMILES string of the molecule is CNc1sc2c(c1C(=O)Nc1ccc(Cl)c(C(F)(F)F)c1)CCC2. The molecule has 0 spiro atoms. The number of thiophene rings is 1. The summed E-state index contributed by atoms with van der Waals surface area (Å²) in [6.45, 7) is 0. The van der Waals surface area contributed by atoms with Crippen LogP contribution in [0.5, 0.6) is 0 Å². The van der Waals surface area contributed by atoms with Crippen LogP contribution in [0, 0.1) is 0 Å². The molecule has 8 heteroatoms. The predicted molar refractivity (Wildman–Crippen MR) is 90.3 cm³/mol. The highest BCUT2D eigenvalue weighted by Gasteiger charge is 2.33. The third-order valence-electron chi connectivity index (χ3n) is 3.91. The molecule has 0 saturated carbocycles. The molecule has 1 aliphatic rings. The summed E-state index contributed by atoms with van der Waals surface area (Å²) in [5.74, 6) is -0.408. The number of rotatable bonds is 3. The van der Waals surface area contributed by atoms with Gasteiger partial charge in [-0.3, -0.25) is 4.79 Å². The summed E-state index contributed by atoms with van der Waals surface area (Å²) in [7, 11) is 1.72. The number of carbonyl (C=O) groups excluding carboxylic acids is 1. The molecule has 0 unspecified atom stereocenters. The molecule has 0 radical (unpaired) electrons. The number of hydrogen-bond donors (Lipinski definition) is 2. The second kappa shape index (κ2) is 6.29. The number of nitrogens with one attached hydrogen (secondary N) is 2. The fraction of sp³-hybridized carbons (Fsp3) is 0.312. The molecule has 0 atom stereocenters. The van der Waals surface area contributed by atoms with Gasteiger partial charge in [-0.2, -0.15) is 13.2 Å². The lowest BCUT2D eigenvalue weighted by molar-refractivity contribution is -0.137. The second-order valence-electron chi connectivity index (χ2n) is 5.46. The van der Waals surface area contributed by atoms with Crippen LogP contribution in [0.2, 0.25) is 5.02 Å². The molecular formula is C16H14ClF3N2OS. The molecule has 1 amide bonds. The van der Waals surface area contributed by atoms with E-state index in [0.29, 0.717) is 5.56 Å². The Labute approximate surface area is 145 Å². The Morgan fingerprint density at radius 1 is 1.29 bits per heavy atom. The van der Waals surface area contributed by atoms with Gasteiger partial charge in [-0.1, -0.05) is 11.6 Å². The van der Waals surface area contributed by atoms with Crippen LogP contribution in [0.1, 0.15) is 32.8 Å². The summed E-state index contributed by atoms with van der Waals surface area (Å²) < 4.78 is 38.8. The van der Waals surface area contributed by atoms with E-state index in [0.717, 1.165) is 46.8 Å². The number of fused-ring (bicyclic) bond motifs is 1. The lowest BCUT2D eigenvalue weighted by atomic mass is 10.1. The van der Waals surface area contributed by atoms with Crippen LogP contribution in [0.3, 0.4) is 0 Å². The van der Waals surface area contributed by atoms with Crippen molar-refractivity contribution in [3.8, 4) is 0 Å². The Bertz CT molecular complexity index is 801. The molecule has 3 rings (SSSR count). The van der Waals surface area contributed by atoms with Gasteiger partial charge in [-0.05, 0) is 43.0 Å². The zero-order valence-corrected chi connectivity index (χ0v) is 14.3. The molecule has 0 saturated heterocycles. The van der Waals surface area contributed by atoms with E-state index < -0.39 is 22.7 Å². The van der Waals surface area contributed by atoms with E-state index in [4.69, 9.17) is 11.6 Å². The van der Waals surface area contributed by atoms with Crippen LogP contribution in [-0.2, 0) is 19.0 Å². The third kappa shape index (κ3) is 3.10. The normalized spacial score (nSPS) is 13.7. The highest BCUT2D eigenvalue weighted by molar-refractivity contribution is 7.16. The molecule has 1 heterocycles. The molecule has 24 heavy (non-hydrogen) atoms. The van der Waals surface area contributed by atoms with Gasteiger partial charge in [0.25, 0.3) is 5.91 Å². The average Bonchev–Trinajstić information content (AvgIpc) is 3.07. The molecule has 0 fully saturated rings. The van der Waals surface area contributed by atoms with Gasteiger partial charge in [0.2, 0.25) is 0 Å². The number of halogens is 4. The minimum Gasteiger partial charge on any atom is -0.379 e. The summed E-state index contributed by atoms with van der Waals surface area (Å²) in [4.78, 5) is 13.8. The Hall–Kier alpha value is -1.73. The molecule has 2 aromatic rings. The number of anilines is 2. The van der Waals surface area contributed by atoms with E-state index in [1.165, 1.54) is 17.4 Å². The van der Waals surface area contributed by atoms with Crippen LogP contribution < -0.4 is 10.6 Å². The molecule has 1 aromatic carbocycles. The van der Waals surface area contributed by atoms with Crippen LogP contribution >= 0.6 is 22.9 Å². The maximum atomic E-state index is 12.9. The zero-order chi connectivity index (χ0) is 17.5. The minimum atomic E-state index is -4.57. The van der Waals surface area contributed by atoms with E-state index in [1.54, 1.807) is 7.05 Å². The van der Waals surface area contributed by atoms with Crippen molar-refractivity contribution in [2.75, 3.05) is 17.7 Å². The summed E-state index contributed by atoms with van der Waals surface area (Å²) in [5.41, 5.74) is 0.619. The highest BCUT2D eigenvalue weighted by Crippen LogP contribution is 2.40. The molecule has 3 nitrogen and oxygen atoms in total. The number of alkyl halides is 3. The maximum Gasteiger partial charge on any atom is 0.417 e. The van der Waals surface area contributed by atoms with Crippen molar-refractivity contribution in [3.05, 3.63) is 44.8 Å². The Morgan fingerprint density at radius 3 is 2.71 bits per heavy atom. The second-order valence-corrected chi connectivity index (χ2v) is 6.97. The quantitative estimate of drug-likeness (QED) is 0.775. The monoisotopic (exact) mass is 374 g/mol. The van der Waals surface area contributed by atoms with E-state index in [2.05, 4.69) is 10.6 Å². The largest absolute Gasteiger partial charge is 0.417 e. The van der Waals surface area contributed by atoms with E-state index in [1.807, 2.05) is 0 Å². The van der Waals surface area contributed by atoms with E-state index >= 15 is 0 Å². The summed E-state index contributed by atoms with van der Waals surface area (Å²) in [6.07, 6.45) is -1.84. The van der Waals surface area contributed by atoms with Crippen LogP contribution in [-0.4, -0.2) is 13.0 Å². The van der Waals surface area contributed by atoms with Crippen molar-refractivity contribution in [3.63, 3.8) is 0 Å². The van der Waals surface area contributed by atoms with Gasteiger partial charge in [0, 0.05) is 17.6 Å². The zero-order valence-electron chi connectivity index (χ0n) is 12.7. The number of carbonyl (C=O) groups is 1. The van der Waals surface area contributed by atoms with Crippen LogP contribution in [0.25, 0.3) is 0 Å². The van der Waals surface area contributed by atoms with E-state index in [9.17, 15) is 18.0 Å². The van der Waals surface area contributed by atoms with Crippen molar-refractivity contribution >= 4 is 39.5 Å². The van der Waals surface area contributed by atoms with Crippen molar-refractivity contribution in [1.82, 2.24) is 0 Å². The number of benzene rings is 1. The van der Waals surface area contributed by atoms with Crippen LogP contribution in [0.15, 0.2) is 18.2 Å². The number of hydrogen-bond acceptors (Lipinski definition) is 3. The van der Waals surface area contributed by atoms with Crippen LogP contribution in [0.4, 0.5) is 23.9 Å². The first kappa shape index (κ1) is 17.1. The number of amides is 1. The molecule has 2 N–H and O–H groups in total. The summed E-state index contributed by atoms with van der Waals surface area (Å²) >= 11 is 7.12. The topological polar surface area (TPSA) is 41.1 Å². The fourth-order valence-corrected chi connectivity index (χ4v) is 4.30. The molecule has 1 aromatic heterocycles. The summed E-state index contributed by atoms with van der Waals surface area (Å²) in [5, 5.41) is 5.89. The van der Waals surface area contributed by atoms with Gasteiger partial charge in [0.15, 0.2) is 0 Å². The molecule has 0 aliphatic heterocycles. The third-order valence-corrected chi connectivity index (χ3v) is 5.54. The molecular weight excluding hydrogens is 361 g/mol. The van der Waals surface area contributed by atoms with Gasteiger partial charge in [0.1, 0.15) is 5.00 Å². The maximum absolute atomic E-state index is 12.9. The van der Waals surface area contributed by atoms with Gasteiger partial charge in [0.05, 0.1) is 16.1 Å². The van der Waals surface area contributed by atoms with Crippen molar-refractivity contribution in [2.24, 2.45) is 0 Å². The first-order valence-electron chi connectivity index (χ1n) is 7.31. The Morgan fingerprint density at radius 2 is 2.04 bits per heavy atom. The Balaban J connectivity index is 1.91. The Kier molecular flexibility index (Phi) is 4.48. The number of aryl methyl sites for hydroxylation is 1. The highest BCUT2D eigenvalue weighted by atomic mass is 35.5. The summed E-state index contributed by atoms with van der Waals surface area (Å²) in [6, 6.07) is 3.35. The lowest BCUT2D eigenvalue weighted by Gasteiger charge is -2.12. The minimum absolute atomic E-state index is 0.0664. The van der Waals surface area contributed by atoms with Crippen molar-refractivity contribution in [2.45, 2.75) is 25.4 Å². The average molecular weight is 375 g/mol. The van der Waals surface area contributed by atoms with Gasteiger partial charge in [-0.15, -0.1) is 11.3 Å². The molecule has 128 valence electrons. The fourth-order valence-electron chi connectivity index (χ4n) is 2.83. The predicted octanol–water partition coefficient (Wildman–Crippen LogP) is 5.20. The molecule has 0 bridgehead atoms. The van der Waals surface area contributed by atoms with Crippen molar-refractivity contribution in [1.29, 1.82) is 0 Å². The van der Waals surface area contributed by atoms with Gasteiger partial charge in [-0.25, -0.2) is 0 Å².